The number of amides is 12. The molecule has 0 saturated heterocycles. The first kappa shape index (κ1) is 60.5. The minimum atomic E-state index is -0.814. The van der Waals surface area contributed by atoms with E-state index in [0.29, 0.717) is 51.4 Å². The van der Waals surface area contributed by atoms with Crippen LogP contribution in [0.4, 0.5) is 19.2 Å². The van der Waals surface area contributed by atoms with Gasteiger partial charge in [-0.2, -0.15) is 27.0 Å². The zero-order chi connectivity index (χ0) is 39.1. The first-order valence-corrected chi connectivity index (χ1v) is 18.2. The standard InChI is InChI=1S/4C7H13BrN2O2.2H2S/c4*1-3-7(8,4-2)5(11)10-6(9)12;;/h4*3-4H2,1-2H3,(H3,9,10,11,12);2*1H2. The average molecular weight is 1020 g/mol. The molecule has 0 radical (unpaired) electrons. The molecule has 0 aliphatic rings. The van der Waals surface area contributed by atoms with E-state index in [9.17, 15) is 38.4 Å². The van der Waals surface area contributed by atoms with Gasteiger partial charge in [0.1, 0.15) is 17.3 Å². The predicted molar refractivity (Wildman–Crippen MR) is 221 cm³/mol. The summed E-state index contributed by atoms with van der Waals surface area (Å²) in [6.07, 6.45) is 4.91. The average Bonchev–Trinajstić information content (AvgIpc) is 3.02. The van der Waals surface area contributed by atoms with E-state index in [1.165, 1.54) is 0 Å². The van der Waals surface area contributed by atoms with Crippen LogP contribution in [0.5, 0.6) is 0 Å². The van der Waals surface area contributed by atoms with Crippen LogP contribution in [0.1, 0.15) is 107 Å². The Morgan fingerprint density at radius 2 is 0.460 bits per heavy atom. The Bertz CT molecular complexity index is 939. The van der Waals surface area contributed by atoms with Crippen molar-refractivity contribution in [1.29, 1.82) is 0 Å². The van der Waals surface area contributed by atoms with E-state index >= 15 is 0 Å². The molecule has 22 heteroatoms. The van der Waals surface area contributed by atoms with Crippen molar-refractivity contribution in [3.05, 3.63) is 0 Å². The van der Waals surface area contributed by atoms with E-state index in [1.54, 1.807) is 0 Å². The molecule has 0 aromatic carbocycles. The number of nitrogens with two attached hydrogens (primary N) is 4. The van der Waals surface area contributed by atoms with E-state index in [2.05, 4.69) is 63.7 Å². The van der Waals surface area contributed by atoms with Gasteiger partial charge in [0.05, 0.1) is 0 Å². The highest BCUT2D eigenvalue weighted by atomic mass is 79.9. The summed E-state index contributed by atoms with van der Waals surface area (Å²) >= 11 is 13.0. The molecule has 0 aromatic rings. The van der Waals surface area contributed by atoms with Gasteiger partial charge in [-0.25, -0.2) is 19.2 Å². The largest absolute Gasteiger partial charge is 0.351 e. The fraction of sp³-hybridized carbons (Fsp3) is 0.714. The molecule has 0 fully saturated rings. The van der Waals surface area contributed by atoms with Crippen LogP contribution < -0.4 is 44.2 Å². The van der Waals surface area contributed by atoms with Crippen molar-refractivity contribution in [3.8, 4) is 0 Å². The van der Waals surface area contributed by atoms with E-state index < -0.39 is 41.4 Å². The normalized spacial score (nSPS) is 10.5. The molecule has 0 heterocycles. The van der Waals surface area contributed by atoms with E-state index in [0.717, 1.165) is 0 Å². The topological polar surface area (TPSA) is 289 Å². The number of carbonyl (C=O) groups is 8. The van der Waals surface area contributed by atoms with Crippen LogP contribution >= 0.6 is 90.7 Å². The lowest BCUT2D eigenvalue weighted by Gasteiger charge is -2.21. The molecule has 0 rings (SSSR count). The number of imide groups is 4. The molecule has 0 bridgehead atoms. The zero-order valence-corrected chi connectivity index (χ0v) is 38.1. The van der Waals surface area contributed by atoms with Crippen LogP contribution in [-0.2, 0) is 19.2 Å². The fourth-order valence-corrected chi connectivity index (χ4v) is 3.58. The molecular formula is C28H56Br4N8O8S2. The molecule has 296 valence electrons. The van der Waals surface area contributed by atoms with Gasteiger partial charge < -0.3 is 22.9 Å². The van der Waals surface area contributed by atoms with E-state index in [4.69, 9.17) is 22.9 Å². The molecule has 0 atom stereocenters. The minimum absolute atomic E-state index is 0. The predicted octanol–water partition coefficient (Wildman–Crippen LogP) is 4.77. The monoisotopic (exact) mass is 1010 g/mol. The van der Waals surface area contributed by atoms with Gasteiger partial charge in [0, 0.05) is 0 Å². The van der Waals surface area contributed by atoms with Crippen molar-refractivity contribution in [2.24, 2.45) is 22.9 Å². The highest BCUT2D eigenvalue weighted by Gasteiger charge is 2.34. The molecule has 0 unspecified atom stereocenters. The molecule has 50 heavy (non-hydrogen) atoms. The Hall–Kier alpha value is -1.62. The van der Waals surface area contributed by atoms with Gasteiger partial charge in [-0.3, -0.25) is 40.4 Å². The number of halogens is 4. The third-order valence-electron chi connectivity index (χ3n) is 7.06. The Labute approximate surface area is 342 Å². The second kappa shape index (κ2) is 29.9. The lowest BCUT2D eigenvalue weighted by atomic mass is 10.0. The maximum absolute atomic E-state index is 11.3. The van der Waals surface area contributed by atoms with Crippen molar-refractivity contribution in [2.45, 2.75) is 124 Å². The number of hydrogen-bond donors (Lipinski definition) is 8. The highest BCUT2D eigenvalue weighted by Crippen LogP contribution is 2.28. The van der Waals surface area contributed by atoms with Crippen molar-refractivity contribution < 1.29 is 38.4 Å². The molecule has 16 nitrogen and oxygen atoms in total. The molecule has 12 amide bonds. The number of hydrogen-bond acceptors (Lipinski definition) is 8. The molecule has 0 spiro atoms. The lowest BCUT2D eigenvalue weighted by Crippen LogP contribution is -2.46. The van der Waals surface area contributed by atoms with Gasteiger partial charge in [-0.1, -0.05) is 119 Å². The lowest BCUT2D eigenvalue weighted by molar-refractivity contribution is -0.123. The first-order valence-electron chi connectivity index (χ1n) is 15.0. The summed E-state index contributed by atoms with van der Waals surface area (Å²) in [5, 5.41) is 8.15. The van der Waals surface area contributed by atoms with Gasteiger partial charge in [-0.15, -0.1) is 0 Å². The van der Waals surface area contributed by atoms with Crippen LogP contribution in [0.15, 0.2) is 0 Å². The summed E-state index contributed by atoms with van der Waals surface area (Å²) in [5.41, 5.74) is 19.2. The summed E-state index contributed by atoms with van der Waals surface area (Å²) in [7, 11) is 0. The van der Waals surface area contributed by atoms with Crippen LogP contribution in [-0.4, -0.2) is 65.1 Å². The van der Waals surface area contributed by atoms with Crippen LogP contribution in [0.25, 0.3) is 0 Å². The molecule has 0 saturated carbocycles. The summed E-state index contributed by atoms with van der Waals surface area (Å²) in [4.78, 5) is 86.5. The van der Waals surface area contributed by atoms with Crippen molar-refractivity contribution >= 4 is 138 Å². The summed E-state index contributed by atoms with van der Waals surface area (Å²) < 4.78 is -2.66. The van der Waals surface area contributed by atoms with Crippen LogP contribution in [0, 0.1) is 0 Å². The Balaban J connectivity index is -0.000000127. The number of primary amides is 4. The molecule has 0 aromatic heterocycles. The Morgan fingerprint density at radius 1 is 0.360 bits per heavy atom. The van der Waals surface area contributed by atoms with E-state index in [1.807, 2.05) is 76.7 Å². The number of nitrogens with one attached hydrogen (secondary N) is 4. The van der Waals surface area contributed by atoms with Crippen LogP contribution in [0.2, 0.25) is 0 Å². The van der Waals surface area contributed by atoms with Crippen molar-refractivity contribution in [3.63, 3.8) is 0 Å². The SMILES string of the molecule is CCC(Br)(CC)C(=O)NC(N)=O.CCC(Br)(CC)C(=O)NC(N)=O.CCC(Br)(CC)C(=O)NC(N)=O.CCC(Br)(CC)C(=O)NC(N)=O.S.S. The quantitative estimate of drug-likeness (QED) is 0.126. The van der Waals surface area contributed by atoms with Gasteiger partial charge in [0.2, 0.25) is 23.6 Å². The van der Waals surface area contributed by atoms with Gasteiger partial charge >= 0.3 is 24.1 Å². The minimum Gasteiger partial charge on any atom is -0.351 e. The summed E-state index contributed by atoms with van der Waals surface area (Å²) in [6.45, 7) is 14.9. The molecular weight excluding hydrogens is 960 g/mol. The zero-order valence-electron chi connectivity index (χ0n) is 29.7. The maximum Gasteiger partial charge on any atom is 0.318 e. The van der Waals surface area contributed by atoms with Crippen LogP contribution in [0.3, 0.4) is 0 Å². The number of alkyl halides is 4. The second-order valence-corrected chi connectivity index (χ2v) is 16.0. The van der Waals surface area contributed by atoms with Gasteiger partial charge in [0.15, 0.2) is 0 Å². The third-order valence-corrected chi connectivity index (χ3v) is 13.0. The maximum atomic E-state index is 11.3. The third kappa shape index (κ3) is 24.5. The van der Waals surface area contributed by atoms with Gasteiger partial charge in [0.25, 0.3) is 0 Å². The number of urea groups is 4. The Kier molecular flexibility index (Phi) is 36.2. The smallest absolute Gasteiger partial charge is 0.318 e. The van der Waals surface area contributed by atoms with Gasteiger partial charge in [-0.05, 0) is 51.4 Å². The Morgan fingerprint density at radius 3 is 0.520 bits per heavy atom. The number of carbonyl (C=O) groups excluding carboxylic acids is 8. The van der Waals surface area contributed by atoms with Crippen molar-refractivity contribution in [1.82, 2.24) is 21.3 Å². The van der Waals surface area contributed by atoms with E-state index in [-0.39, 0.29) is 50.6 Å². The second-order valence-electron chi connectivity index (χ2n) is 9.96. The highest BCUT2D eigenvalue weighted by molar-refractivity contribution is 9.10. The fourth-order valence-electron chi connectivity index (χ4n) is 3.18. The molecule has 0 aliphatic carbocycles. The summed E-state index contributed by atoms with van der Waals surface area (Å²) in [5.74, 6) is -1.50. The summed E-state index contributed by atoms with van der Waals surface area (Å²) in [6, 6.07) is -3.26. The first-order chi connectivity index (χ1) is 21.8. The molecule has 0 aliphatic heterocycles. The van der Waals surface area contributed by atoms with Crippen molar-refractivity contribution in [2.75, 3.05) is 0 Å². The number of rotatable bonds is 12. The molecule has 12 N–H and O–H groups in total.